The topological polar surface area (TPSA) is 112 Å². The number of aliphatic hydroxyl groups is 1. The predicted molar refractivity (Wildman–Crippen MR) is 130 cm³/mol. The van der Waals surface area contributed by atoms with Crippen LogP contribution in [0.15, 0.2) is 77.9 Å². The number of amides is 1. The van der Waals surface area contributed by atoms with Gasteiger partial charge in [0.1, 0.15) is 5.52 Å². The Morgan fingerprint density at radius 3 is 2.76 bits per heavy atom. The number of carbonyl (C=O) groups is 1. The van der Waals surface area contributed by atoms with Crippen molar-refractivity contribution in [1.82, 2.24) is 24.9 Å². The molecule has 0 saturated heterocycles. The van der Waals surface area contributed by atoms with Crippen molar-refractivity contribution in [3.63, 3.8) is 0 Å². The minimum absolute atomic E-state index is 0.0761. The maximum Gasteiger partial charge on any atom is 0.274 e. The number of rotatable bonds is 6. The second kappa shape index (κ2) is 8.92. The summed E-state index contributed by atoms with van der Waals surface area (Å²) in [5.41, 5.74) is 4.16. The van der Waals surface area contributed by atoms with E-state index in [0.29, 0.717) is 12.1 Å². The Bertz CT molecular complexity index is 1560. The molecule has 2 aromatic carbocycles. The standard InChI is InChI=1S/C26H23N5O3/c1-16-6-5-9-21-19(16)12-18(14-27-21)23-15-31-24(26(34)29-23)13-22(30-31)25(33)28-20(10-11-32)17-7-3-2-4-8-17/h2-9,12-15,20,32H,10-11H2,1H3,(H,28,33)(H,29,34)/t20-/m1/s1. The van der Waals surface area contributed by atoms with Crippen LogP contribution in [0.1, 0.15) is 34.1 Å². The fourth-order valence-corrected chi connectivity index (χ4v) is 4.07. The molecule has 0 radical (unpaired) electrons. The lowest BCUT2D eigenvalue weighted by Crippen LogP contribution is -2.29. The van der Waals surface area contributed by atoms with Gasteiger partial charge in [0.15, 0.2) is 5.69 Å². The zero-order chi connectivity index (χ0) is 23.7. The van der Waals surface area contributed by atoms with Crippen molar-refractivity contribution < 1.29 is 9.90 Å². The van der Waals surface area contributed by atoms with Crippen LogP contribution in [0, 0.1) is 6.92 Å². The molecule has 0 saturated carbocycles. The second-order valence-electron chi connectivity index (χ2n) is 8.17. The summed E-state index contributed by atoms with van der Waals surface area (Å²) in [5, 5.41) is 17.7. The van der Waals surface area contributed by atoms with Crippen LogP contribution in [-0.2, 0) is 0 Å². The van der Waals surface area contributed by atoms with E-state index in [1.165, 1.54) is 10.6 Å². The van der Waals surface area contributed by atoms with Gasteiger partial charge in [-0.05, 0) is 36.6 Å². The first-order valence-corrected chi connectivity index (χ1v) is 11.0. The number of aryl methyl sites for hydroxylation is 1. The van der Waals surface area contributed by atoms with Crippen LogP contribution < -0.4 is 10.9 Å². The molecule has 1 amide bonds. The van der Waals surface area contributed by atoms with Gasteiger partial charge >= 0.3 is 0 Å². The Balaban J connectivity index is 1.48. The maximum atomic E-state index is 12.9. The molecule has 0 unspecified atom stereocenters. The van der Waals surface area contributed by atoms with E-state index >= 15 is 0 Å². The van der Waals surface area contributed by atoms with Crippen LogP contribution in [0.4, 0.5) is 0 Å². The van der Waals surface area contributed by atoms with E-state index in [4.69, 9.17) is 0 Å². The molecular weight excluding hydrogens is 430 g/mol. The fourth-order valence-electron chi connectivity index (χ4n) is 4.07. The molecule has 8 heteroatoms. The zero-order valence-corrected chi connectivity index (χ0v) is 18.5. The summed E-state index contributed by atoms with van der Waals surface area (Å²) in [5.74, 6) is -0.421. The first-order chi connectivity index (χ1) is 16.5. The van der Waals surface area contributed by atoms with Gasteiger partial charge < -0.3 is 15.4 Å². The molecule has 8 nitrogen and oxygen atoms in total. The molecule has 34 heavy (non-hydrogen) atoms. The van der Waals surface area contributed by atoms with Crippen LogP contribution in [0.3, 0.4) is 0 Å². The zero-order valence-electron chi connectivity index (χ0n) is 18.5. The summed E-state index contributed by atoms with van der Waals surface area (Å²) in [7, 11) is 0. The summed E-state index contributed by atoms with van der Waals surface area (Å²) < 4.78 is 1.41. The van der Waals surface area contributed by atoms with E-state index in [1.807, 2.05) is 61.5 Å². The quantitative estimate of drug-likeness (QED) is 0.365. The lowest BCUT2D eigenvalue weighted by molar-refractivity contribution is 0.0924. The van der Waals surface area contributed by atoms with Crippen molar-refractivity contribution in [3.8, 4) is 11.3 Å². The molecule has 0 aliphatic rings. The highest BCUT2D eigenvalue weighted by Gasteiger charge is 2.19. The van der Waals surface area contributed by atoms with Gasteiger partial charge in [-0.3, -0.25) is 14.6 Å². The number of carbonyl (C=O) groups excluding carboxylic acids is 1. The van der Waals surface area contributed by atoms with Crippen LogP contribution in [0.2, 0.25) is 0 Å². The molecule has 0 bridgehead atoms. The van der Waals surface area contributed by atoms with E-state index < -0.39 is 5.91 Å². The van der Waals surface area contributed by atoms with Gasteiger partial charge in [0, 0.05) is 29.8 Å². The van der Waals surface area contributed by atoms with Crippen LogP contribution in [0.25, 0.3) is 27.7 Å². The number of hydrogen-bond acceptors (Lipinski definition) is 5. The molecule has 0 aliphatic carbocycles. The number of aliphatic hydroxyl groups excluding tert-OH is 1. The van der Waals surface area contributed by atoms with Crippen LogP contribution in [-0.4, -0.2) is 37.2 Å². The highest BCUT2D eigenvalue weighted by atomic mass is 16.3. The van der Waals surface area contributed by atoms with E-state index in [9.17, 15) is 14.7 Å². The number of H-pyrrole nitrogens is 1. The van der Waals surface area contributed by atoms with Crippen LogP contribution in [0.5, 0.6) is 0 Å². The third kappa shape index (κ3) is 4.06. The van der Waals surface area contributed by atoms with Crippen molar-refractivity contribution in [1.29, 1.82) is 0 Å². The van der Waals surface area contributed by atoms with E-state index in [1.54, 1.807) is 12.4 Å². The van der Waals surface area contributed by atoms with Crippen molar-refractivity contribution in [2.45, 2.75) is 19.4 Å². The lowest BCUT2D eigenvalue weighted by Gasteiger charge is -2.17. The number of aromatic nitrogens is 4. The van der Waals surface area contributed by atoms with Crippen molar-refractivity contribution in [2.24, 2.45) is 0 Å². The van der Waals surface area contributed by atoms with Gasteiger partial charge in [0.25, 0.3) is 11.5 Å². The Kier molecular flexibility index (Phi) is 5.65. The number of nitrogens with zero attached hydrogens (tertiary/aromatic N) is 3. The minimum atomic E-state index is -0.421. The third-order valence-corrected chi connectivity index (χ3v) is 5.88. The van der Waals surface area contributed by atoms with Gasteiger partial charge in [0.05, 0.1) is 23.4 Å². The summed E-state index contributed by atoms with van der Waals surface area (Å²) in [6.07, 6.45) is 3.74. The van der Waals surface area contributed by atoms with Gasteiger partial charge in [-0.1, -0.05) is 42.5 Å². The van der Waals surface area contributed by atoms with Crippen molar-refractivity contribution in [3.05, 3.63) is 100 Å². The molecule has 1 atom stereocenters. The van der Waals surface area contributed by atoms with E-state index in [2.05, 4.69) is 20.4 Å². The molecule has 0 spiro atoms. The SMILES string of the molecule is Cc1cccc2ncc(-c3cn4nc(C(=O)N[C@H](CCO)c5ccccc5)cc4c(=O)[nH]3)cc12. The summed E-state index contributed by atoms with van der Waals surface area (Å²) in [6, 6.07) is 18.4. The highest BCUT2D eigenvalue weighted by Crippen LogP contribution is 2.23. The molecule has 170 valence electrons. The number of hydrogen-bond donors (Lipinski definition) is 3. The first-order valence-electron chi connectivity index (χ1n) is 11.0. The summed E-state index contributed by atoms with van der Waals surface area (Å²) >= 11 is 0. The van der Waals surface area contributed by atoms with E-state index in [0.717, 1.165) is 27.6 Å². The van der Waals surface area contributed by atoms with Gasteiger partial charge in [-0.2, -0.15) is 5.10 Å². The van der Waals surface area contributed by atoms with Crippen molar-refractivity contribution >= 4 is 22.3 Å². The predicted octanol–water partition coefficient (Wildman–Crippen LogP) is 3.40. The molecule has 3 N–H and O–H groups in total. The third-order valence-electron chi connectivity index (χ3n) is 5.88. The first kappa shape index (κ1) is 21.5. The molecule has 3 aromatic heterocycles. The molecule has 3 heterocycles. The fraction of sp³-hybridized carbons (Fsp3) is 0.154. The maximum absolute atomic E-state index is 12.9. The van der Waals surface area contributed by atoms with E-state index in [-0.39, 0.29) is 29.4 Å². The number of aromatic amines is 1. The number of pyridine rings is 1. The Morgan fingerprint density at radius 1 is 1.15 bits per heavy atom. The molecule has 0 fully saturated rings. The van der Waals surface area contributed by atoms with Crippen molar-refractivity contribution in [2.75, 3.05) is 6.61 Å². The second-order valence-corrected chi connectivity index (χ2v) is 8.17. The Hall–Kier alpha value is -4.30. The molecule has 5 aromatic rings. The lowest BCUT2D eigenvalue weighted by atomic mass is 10.0. The largest absolute Gasteiger partial charge is 0.396 e. The number of benzene rings is 2. The van der Waals surface area contributed by atoms with Crippen LogP contribution >= 0.6 is 0 Å². The summed E-state index contributed by atoms with van der Waals surface area (Å²) in [6.45, 7) is 1.94. The van der Waals surface area contributed by atoms with Gasteiger partial charge in [0.2, 0.25) is 0 Å². The average molecular weight is 454 g/mol. The van der Waals surface area contributed by atoms with Gasteiger partial charge in [-0.25, -0.2) is 4.52 Å². The molecule has 5 rings (SSSR count). The molecule has 0 aliphatic heterocycles. The Labute approximate surface area is 194 Å². The highest BCUT2D eigenvalue weighted by molar-refractivity contribution is 5.94. The molecular formula is C26H23N5O3. The minimum Gasteiger partial charge on any atom is -0.396 e. The number of fused-ring (bicyclic) bond motifs is 2. The van der Waals surface area contributed by atoms with Gasteiger partial charge in [-0.15, -0.1) is 0 Å². The smallest absolute Gasteiger partial charge is 0.274 e. The summed E-state index contributed by atoms with van der Waals surface area (Å²) in [4.78, 5) is 33.1. The average Bonchev–Trinajstić information content (AvgIpc) is 3.30. The normalized spacial score (nSPS) is 12.2. The Morgan fingerprint density at radius 2 is 1.97 bits per heavy atom. The monoisotopic (exact) mass is 453 g/mol. The number of nitrogens with one attached hydrogen (secondary N) is 2.